The Morgan fingerprint density at radius 3 is 2.41 bits per heavy atom. The Hall–Kier alpha value is -3.42. The highest BCUT2D eigenvalue weighted by Gasteiger charge is 2.29. The van der Waals surface area contributed by atoms with Crippen LogP contribution in [0.25, 0.3) is 0 Å². The molecule has 0 aromatic heterocycles. The number of carbonyl (C=O) groups is 2. The molecule has 0 heterocycles. The van der Waals surface area contributed by atoms with E-state index in [1.54, 1.807) is 24.3 Å². The molecule has 1 N–H and O–H groups in total. The van der Waals surface area contributed by atoms with Gasteiger partial charge in [-0.15, -0.1) is 0 Å². The van der Waals surface area contributed by atoms with E-state index >= 15 is 0 Å². The zero-order chi connectivity index (χ0) is 20.1. The van der Waals surface area contributed by atoms with Crippen LogP contribution in [0.2, 0.25) is 0 Å². The van der Waals surface area contributed by atoms with Crippen molar-refractivity contribution in [1.82, 2.24) is 4.90 Å². The molecule has 27 heavy (non-hydrogen) atoms. The number of nitro groups is 1. The van der Waals surface area contributed by atoms with Gasteiger partial charge >= 0.3 is 5.97 Å². The number of nitrogens with zero attached hydrogens (tertiary/aromatic N) is 2. The lowest BCUT2D eigenvalue weighted by molar-refractivity contribution is -0.385. The number of carboxylic acid groups (broad SMARTS) is 1. The van der Waals surface area contributed by atoms with E-state index in [9.17, 15) is 24.8 Å². The molecule has 8 nitrogen and oxygen atoms in total. The fourth-order valence-corrected chi connectivity index (χ4v) is 2.66. The van der Waals surface area contributed by atoms with Crippen molar-refractivity contribution in [1.29, 1.82) is 0 Å². The van der Waals surface area contributed by atoms with E-state index in [1.807, 2.05) is 6.07 Å². The summed E-state index contributed by atoms with van der Waals surface area (Å²) in [6.45, 7) is 2.97. The van der Waals surface area contributed by atoms with Gasteiger partial charge < -0.3 is 14.7 Å². The van der Waals surface area contributed by atoms with Crippen LogP contribution in [0.1, 0.15) is 28.4 Å². The molecule has 8 heteroatoms. The Morgan fingerprint density at radius 1 is 1.26 bits per heavy atom. The Balaban J connectivity index is 2.50. The van der Waals surface area contributed by atoms with E-state index in [-0.39, 0.29) is 23.5 Å². The standard InChI is InChI=1S/C19H20N2O6/c1-12-16(21(25)26)9-15(10-17(12)27-3)18(22)20(13(2)19(23)24)11-14-7-5-4-6-8-14/h4-10,13H,11H2,1-3H3,(H,23,24). The third kappa shape index (κ3) is 4.41. The molecular weight excluding hydrogens is 352 g/mol. The summed E-state index contributed by atoms with van der Waals surface area (Å²) in [4.78, 5) is 36.4. The maximum absolute atomic E-state index is 13.0. The quantitative estimate of drug-likeness (QED) is 0.591. The monoisotopic (exact) mass is 372 g/mol. The largest absolute Gasteiger partial charge is 0.496 e. The average molecular weight is 372 g/mol. The summed E-state index contributed by atoms with van der Waals surface area (Å²) in [6, 6.07) is 10.3. The van der Waals surface area contributed by atoms with E-state index in [1.165, 1.54) is 27.0 Å². The number of hydrogen-bond acceptors (Lipinski definition) is 5. The molecule has 2 aromatic rings. The number of hydrogen-bond donors (Lipinski definition) is 1. The van der Waals surface area contributed by atoms with E-state index in [0.29, 0.717) is 5.56 Å². The lowest BCUT2D eigenvalue weighted by atomic mass is 10.1. The normalized spacial score (nSPS) is 11.5. The lowest BCUT2D eigenvalue weighted by Gasteiger charge is -2.27. The Morgan fingerprint density at radius 2 is 1.89 bits per heavy atom. The van der Waals surface area contributed by atoms with Gasteiger partial charge in [0.1, 0.15) is 11.8 Å². The van der Waals surface area contributed by atoms with Crippen LogP contribution in [-0.4, -0.2) is 40.0 Å². The van der Waals surface area contributed by atoms with Crippen LogP contribution in [0.15, 0.2) is 42.5 Å². The van der Waals surface area contributed by atoms with Crippen molar-refractivity contribution in [2.24, 2.45) is 0 Å². The first kappa shape index (κ1) is 19.9. The first-order valence-corrected chi connectivity index (χ1v) is 8.17. The number of methoxy groups -OCH3 is 1. The molecular formula is C19H20N2O6. The third-order valence-corrected chi connectivity index (χ3v) is 4.28. The predicted molar refractivity (Wildman–Crippen MR) is 97.8 cm³/mol. The van der Waals surface area contributed by atoms with E-state index in [2.05, 4.69) is 0 Å². The molecule has 0 aliphatic heterocycles. The Kier molecular flexibility index (Phi) is 6.12. The zero-order valence-electron chi connectivity index (χ0n) is 15.2. The van der Waals surface area contributed by atoms with Gasteiger partial charge in [-0.3, -0.25) is 14.9 Å². The first-order chi connectivity index (χ1) is 12.8. The fourth-order valence-electron chi connectivity index (χ4n) is 2.66. The van der Waals surface area contributed by atoms with Crippen molar-refractivity contribution < 1.29 is 24.4 Å². The van der Waals surface area contributed by atoms with Gasteiger partial charge in [0.05, 0.1) is 23.2 Å². The molecule has 0 spiro atoms. The van der Waals surface area contributed by atoms with Crippen molar-refractivity contribution >= 4 is 17.6 Å². The number of carboxylic acids is 1. The molecule has 1 amide bonds. The van der Waals surface area contributed by atoms with Gasteiger partial charge in [-0.2, -0.15) is 0 Å². The van der Waals surface area contributed by atoms with Gasteiger partial charge in [-0.1, -0.05) is 30.3 Å². The molecule has 0 fully saturated rings. The van der Waals surface area contributed by atoms with Crippen LogP contribution in [0.5, 0.6) is 5.75 Å². The fraction of sp³-hybridized carbons (Fsp3) is 0.263. The molecule has 0 saturated heterocycles. The average Bonchev–Trinajstić information content (AvgIpc) is 2.65. The van der Waals surface area contributed by atoms with E-state index in [4.69, 9.17) is 4.74 Å². The first-order valence-electron chi connectivity index (χ1n) is 8.17. The van der Waals surface area contributed by atoms with Crippen LogP contribution in [0.4, 0.5) is 5.69 Å². The second-order valence-corrected chi connectivity index (χ2v) is 6.01. The number of nitro benzene ring substituents is 1. The highest BCUT2D eigenvalue weighted by atomic mass is 16.6. The van der Waals surface area contributed by atoms with Gasteiger partial charge in [0.15, 0.2) is 0 Å². The lowest BCUT2D eigenvalue weighted by Crippen LogP contribution is -2.42. The summed E-state index contributed by atoms with van der Waals surface area (Å²) in [5.74, 6) is -1.61. The molecule has 2 aromatic carbocycles. The van der Waals surface area contributed by atoms with Gasteiger partial charge in [0.25, 0.3) is 11.6 Å². The van der Waals surface area contributed by atoms with Gasteiger partial charge in [0, 0.05) is 12.6 Å². The Bertz CT molecular complexity index is 866. The number of amides is 1. The second kappa shape index (κ2) is 8.31. The SMILES string of the molecule is COc1cc(C(=O)N(Cc2ccccc2)C(C)C(=O)O)cc([N+](=O)[O-])c1C. The number of benzene rings is 2. The van der Waals surface area contributed by atoms with Crippen LogP contribution in [0.3, 0.4) is 0 Å². The van der Waals surface area contributed by atoms with Crippen LogP contribution < -0.4 is 4.74 Å². The van der Waals surface area contributed by atoms with Crippen molar-refractivity contribution in [3.8, 4) is 5.75 Å². The number of rotatable bonds is 7. The van der Waals surface area contributed by atoms with E-state index < -0.39 is 22.8 Å². The number of ether oxygens (including phenoxy) is 1. The minimum absolute atomic E-state index is 0.00631. The van der Waals surface area contributed by atoms with Gasteiger partial charge in [-0.05, 0) is 25.5 Å². The maximum Gasteiger partial charge on any atom is 0.326 e. The molecule has 142 valence electrons. The van der Waals surface area contributed by atoms with Crippen molar-refractivity contribution in [3.63, 3.8) is 0 Å². The molecule has 0 aliphatic rings. The second-order valence-electron chi connectivity index (χ2n) is 6.01. The topological polar surface area (TPSA) is 110 Å². The molecule has 0 saturated carbocycles. The number of carbonyl (C=O) groups excluding carboxylic acids is 1. The molecule has 1 atom stereocenters. The van der Waals surface area contributed by atoms with Gasteiger partial charge in [0.2, 0.25) is 0 Å². The van der Waals surface area contributed by atoms with Crippen LogP contribution in [0, 0.1) is 17.0 Å². The minimum atomic E-state index is -1.17. The molecule has 0 radical (unpaired) electrons. The highest BCUT2D eigenvalue weighted by Crippen LogP contribution is 2.30. The summed E-state index contributed by atoms with van der Waals surface area (Å²) in [5.41, 5.74) is 0.765. The van der Waals surface area contributed by atoms with Gasteiger partial charge in [-0.25, -0.2) is 4.79 Å². The smallest absolute Gasteiger partial charge is 0.326 e. The third-order valence-electron chi connectivity index (χ3n) is 4.28. The molecule has 2 rings (SSSR count). The summed E-state index contributed by atoms with van der Waals surface area (Å²) < 4.78 is 5.14. The van der Waals surface area contributed by atoms with Crippen LogP contribution in [-0.2, 0) is 11.3 Å². The zero-order valence-corrected chi connectivity index (χ0v) is 15.2. The van der Waals surface area contributed by atoms with Crippen molar-refractivity contribution in [2.45, 2.75) is 26.4 Å². The molecule has 0 bridgehead atoms. The van der Waals surface area contributed by atoms with Crippen molar-refractivity contribution in [3.05, 3.63) is 69.3 Å². The summed E-state index contributed by atoms with van der Waals surface area (Å²) in [6.07, 6.45) is 0. The number of aliphatic carboxylic acids is 1. The molecule has 1 unspecified atom stereocenters. The molecule has 0 aliphatic carbocycles. The Labute approximate surface area is 156 Å². The summed E-state index contributed by atoms with van der Waals surface area (Å²) in [5, 5.41) is 20.7. The highest BCUT2D eigenvalue weighted by molar-refractivity contribution is 5.97. The van der Waals surface area contributed by atoms with E-state index in [0.717, 1.165) is 16.5 Å². The van der Waals surface area contributed by atoms with Crippen molar-refractivity contribution in [2.75, 3.05) is 7.11 Å². The predicted octanol–water partition coefficient (Wildman–Crippen LogP) is 3.03. The summed E-state index contributed by atoms with van der Waals surface area (Å²) in [7, 11) is 1.35. The van der Waals surface area contributed by atoms with Crippen LogP contribution >= 0.6 is 0 Å². The maximum atomic E-state index is 13.0. The minimum Gasteiger partial charge on any atom is -0.496 e. The summed E-state index contributed by atoms with van der Waals surface area (Å²) >= 11 is 0.